The molecule has 1 aliphatic carbocycles. The van der Waals surface area contributed by atoms with E-state index < -0.39 is 0 Å². The summed E-state index contributed by atoms with van der Waals surface area (Å²) in [6.07, 6.45) is 6.30. The van der Waals surface area contributed by atoms with Crippen molar-refractivity contribution in [3.05, 3.63) is 51.3 Å². The molecule has 0 bridgehead atoms. The molecule has 1 nitrogen and oxygen atoms in total. The van der Waals surface area contributed by atoms with Crippen LogP contribution < -0.4 is 0 Å². The third-order valence-electron chi connectivity index (χ3n) is 3.58. The van der Waals surface area contributed by atoms with Gasteiger partial charge in [-0.2, -0.15) is 0 Å². The van der Waals surface area contributed by atoms with E-state index in [2.05, 4.69) is 18.2 Å². The topological polar surface area (TPSA) is 17.1 Å². The average Bonchev–Trinajstić information content (AvgIpc) is 2.51. The molecule has 1 heterocycles. The van der Waals surface area contributed by atoms with E-state index in [4.69, 9.17) is 0 Å². The summed E-state index contributed by atoms with van der Waals surface area (Å²) in [5, 5.41) is 0. The third-order valence-corrected chi connectivity index (χ3v) is 6.29. The Kier molecular flexibility index (Phi) is 4.69. The predicted octanol–water partition coefficient (Wildman–Crippen LogP) is 4.90. The second kappa shape index (κ2) is 6.68. The number of hydrogen-bond acceptors (Lipinski definition) is 3. The Morgan fingerprint density at radius 3 is 2.45 bits per heavy atom. The third kappa shape index (κ3) is 3.21. The van der Waals surface area contributed by atoms with Gasteiger partial charge in [-0.3, -0.25) is 4.79 Å². The van der Waals surface area contributed by atoms with E-state index in [0.29, 0.717) is 0 Å². The molecule has 1 saturated carbocycles. The molecule has 0 spiro atoms. The van der Waals surface area contributed by atoms with Crippen LogP contribution in [0.25, 0.3) is 6.08 Å². The smallest absolute Gasteiger partial charge is 0.186 e. The molecule has 1 aliphatic heterocycles. The van der Waals surface area contributed by atoms with Crippen molar-refractivity contribution in [2.75, 3.05) is 11.5 Å². The minimum absolute atomic E-state index is 0.289. The minimum atomic E-state index is 0.289. The molecule has 2 fully saturated rings. The number of thioether (sulfide) groups is 2. The second-order valence-corrected chi connectivity index (χ2v) is 7.55. The van der Waals surface area contributed by atoms with Gasteiger partial charge in [0.15, 0.2) is 5.78 Å². The van der Waals surface area contributed by atoms with Gasteiger partial charge < -0.3 is 0 Å². The van der Waals surface area contributed by atoms with Crippen LogP contribution in [0, 0.1) is 0 Å². The molecule has 0 aromatic heterocycles. The van der Waals surface area contributed by atoms with E-state index in [1.807, 2.05) is 41.7 Å². The highest BCUT2D eigenvalue weighted by Gasteiger charge is 2.25. The fourth-order valence-corrected chi connectivity index (χ4v) is 5.27. The van der Waals surface area contributed by atoms with Crippen LogP contribution >= 0.6 is 23.5 Å². The van der Waals surface area contributed by atoms with Gasteiger partial charge in [0.05, 0.1) is 0 Å². The molecule has 3 rings (SSSR count). The molecule has 1 aromatic rings. The second-order valence-electron chi connectivity index (χ2n) is 5.08. The van der Waals surface area contributed by atoms with Crippen LogP contribution in [-0.4, -0.2) is 17.3 Å². The summed E-state index contributed by atoms with van der Waals surface area (Å²) in [5.74, 6) is 2.62. The van der Waals surface area contributed by atoms with E-state index in [1.54, 1.807) is 0 Å². The maximum absolute atomic E-state index is 12.7. The van der Waals surface area contributed by atoms with Gasteiger partial charge in [0.1, 0.15) is 0 Å². The molecule has 0 N–H and O–H groups in total. The zero-order valence-electron chi connectivity index (χ0n) is 11.4. The number of allylic oxidation sites excluding steroid dienone is 2. The zero-order valence-corrected chi connectivity index (χ0v) is 13.1. The number of benzene rings is 1. The summed E-state index contributed by atoms with van der Waals surface area (Å²) in [6, 6.07) is 10.2. The van der Waals surface area contributed by atoms with Crippen molar-refractivity contribution in [3.63, 3.8) is 0 Å². The number of Topliss-reactive ketones (excluding diaryl/α,β-unsaturated/α-hetero) is 1. The van der Waals surface area contributed by atoms with Gasteiger partial charge in [-0.05, 0) is 48.8 Å². The fraction of sp³-hybridized carbons (Fsp3) is 0.353. The summed E-state index contributed by atoms with van der Waals surface area (Å²) < 4.78 is 1.29. The van der Waals surface area contributed by atoms with Crippen molar-refractivity contribution in [2.45, 2.75) is 25.7 Å². The van der Waals surface area contributed by atoms with Crippen LogP contribution in [0.15, 0.2) is 45.7 Å². The normalized spacial score (nSPS) is 22.4. The lowest BCUT2D eigenvalue weighted by atomic mass is 9.89. The van der Waals surface area contributed by atoms with Crippen LogP contribution in [0.4, 0.5) is 0 Å². The summed E-state index contributed by atoms with van der Waals surface area (Å²) in [4.78, 5) is 12.7. The molecule has 0 unspecified atom stereocenters. The Balaban J connectivity index is 1.87. The highest BCUT2D eigenvalue weighted by atomic mass is 32.2. The molecule has 3 heteroatoms. The van der Waals surface area contributed by atoms with E-state index in [1.165, 1.54) is 10.7 Å². The van der Waals surface area contributed by atoms with Gasteiger partial charge in [0.25, 0.3) is 0 Å². The number of hydrogen-bond donors (Lipinski definition) is 0. The van der Waals surface area contributed by atoms with Crippen LogP contribution in [0.2, 0.25) is 0 Å². The van der Waals surface area contributed by atoms with E-state index in [0.717, 1.165) is 47.5 Å². The average molecular weight is 302 g/mol. The van der Waals surface area contributed by atoms with Crippen LogP contribution in [0.3, 0.4) is 0 Å². The molecular formula is C17H18OS2. The van der Waals surface area contributed by atoms with Gasteiger partial charge in [-0.15, -0.1) is 23.5 Å². The van der Waals surface area contributed by atoms with Gasteiger partial charge in [0.2, 0.25) is 0 Å². The fourth-order valence-electron chi connectivity index (χ4n) is 2.56. The van der Waals surface area contributed by atoms with Crippen molar-refractivity contribution in [3.8, 4) is 0 Å². The molecule has 1 saturated heterocycles. The van der Waals surface area contributed by atoms with Gasteiger partial charge in [-0.25, -0.2) is 0 Å². The molecule has 20 heavy (non-hydrogen) atoms. The van der Waals surface area contributed by atoms with Crippen molar-refractivity contribution in [1.29, 1.82) is 0 Å². The predicted molar refractivity (Wildman–Crippen MR) is 89.8 cm³/mol. The summed E-state index contributed by atoms with van der Waals surface area (Å²) in [5.41, 5.74) is 3.19. The standard InChI is InChI=1S/C17H18OS2/c18-16-14(12-13-6-2-1-3-7-13)8-4-9-15(16)17-19-10-5-11-20-17/h1-3,6-7,12H,4-5,8-11H2. The Bertz CT molecular complexity index is 550. The number of ketones is 1. The Morgan fingerprint density at radius 2 is 1.70 bits per heavy atom. The highest BCUT2D eigenvalue weighted by Crippen LogP contribution is 2.41. The maximum Gasteiger partial charge on any atom is 0.186 e. The highest BCUT2D eigenvalue weighted by molar-refractivity contribution is 8.22. The Labute approximate surface area is 128 Å². The lowest BCUT2D eigenvalue weighted by Gasteiger charge is -2.22. The molecule has 0 radical (unpaired) electrons. The largest absolute Gasteiger partial charge is 0.289 e. The number of carbonyl (C=O) groups excluding carboxylic acids is 1. The molecule has 0 atom stereocenters. The van der Waals surface area contributed by atoms with Crippen molar-refractivity contribution in [2.24, 2.45) is 0 Å². The van der Waals surface area contributed by atoms with Crippen LogP contribution in [0.1, 0.15) is 31.2 Å². The summed E-state index contributed by atoms with van der Waals surface area (Å²) in [7, 11) is 0. The first kappa shape index (κ1) is 14.0. The van der Waals surface area contributed by atoms with Crippen molar-refractivity contribution < 1.29 is 4.79 Å². The van der Waals surface area contributed by atoms with Crippen molar-refractivity contribution in [1.82, 2.24) is 0 Å². The lowest BCUT2D eigenvalue weighted by molar-refractivity contribution is -0.112. The SMILES string of the molecule is O=C1C(=Cc2ccccc2)CCCC1=C1SCCCS1. The lowest BCUT2D eigenvalue weighted by Crippen LogP contribution is -2.14. The van der Waals surface area contributed by atoms with Gasteiger partial charge in [-0.1, -0.05) is 30.3 Å². The summed E-state index contributed by atoms with van der Waals surface area (Å²) >= 11 is 3.75. The Hall–Kier alpha value is -0.930. The number of rotatable bonds is 1. The molecule has 2 aliphatic rings. The first-order valence-corrected chi connectivity index (χ1v) is 9.11. The zero-order chi connectivity index (χ0) is 13.8. The quantitative estimate of drug-likeness (QED) is 0.686. The molecule has 104 valence electrons. The van der Waals surface area contributed by atoms with E-state index in [-0.39, 0.29) is 5.78 Å². The summed E-state index contributed by atoms with van der Waals surface area (Å²) in [6.45, 7) is 0. The van der Waals surface area contributed by atoms with E-state index >= 15 is 0 Å². The van der Waals surface area contributed by atoms with E-state index in [9.17, 15) is 4.79 Å². The molecular weight excluding hydrogens is 284 g/mol. The minimum Gasteiger partial charge on any atom is -0.289 e. The van der Waals surface area contributed by atoms with Gasteiger partial charge in [0, 0.05) is 15.4 Å². The first-order valence-electron chi connectivity index (χ1n) is 7.13. The van der Waals surface area contributed by atoms with Gasteiger partial charge >= 0.3 is 0 Å². The first-order chi connectivity index (χ1) is 9.84. The van der Waals surface area contributed by atoms with Crippen LogP contribution in [-0.2, 0) is 4.79 Å². The Morgan fingerprint density at radius 1 is 0.950 bits per heavy atom. The van der Waals surface area contributed by atoms with Crippen LogP contribution in [0.5, 0.6) is 0 Å². The molecule has 0 amide bonds. The maximum atomic E-state index is 12.7. The monoisotopic (exact) mass is 302 g/mol. The molecule has 1 aromatic carbocycles. The number of carbonyl (C=O) groups is 1. The van der Waals surface area contributed by atoms with Crippen molar-refractivity contribution >= 4 is 35.4 Å².